The summed E-state index contributed by atoms with van der Waals surface area (Å²) >= 11 is 0. The number of benzene rings is 1. The van der Waals surface area contributed by atoms with Crippen molar-refractivity contribution in [1.82, 2.24) is 5.32 Å². The molecule has 0 spiro atoms. The lowest BCUT2D eigenvalue weighted by Crippen LogP contribution is -2.35. The molecule has 1 rings (SSSR count). The first kappa shape index (κ1) is 18.0. The van der Waals surface area contributed by atoms with E-state index in [0.29, 0.717) is 6.54 Å². The quantitative estimate of drug-likeness (QED) is 0.876. The number of hydrogen-bond donors (Lipinski definition) is 1. The second-order valence-corrected chi connectivity index (χ2v) is 9.03. The Hall–Kier alpha value is -1.07. The molecular formula is C16H28N2O2S. The zero-order valence-electron chi connectivity index (χ0n) is 14.0. The summed E-state index contributed by atoms with van der Waals surface area (Å²) in [7, 11) is -0.998. The molecule has 1 aromatic rings. The molecule has 0 atom stereocenters. The third-order valence-corrected chi connectivity index (χ3v) is 4.30. The van der Waals surface area contributed by atoms with E-state index in [0.717, 1.165) is 12.2 Å². The zero-order valence-corrected chi connectivity index (χ0v) is 14.8. The number of nitrogens with one attached hydrogen (secondary N) is 1. The second kappa shape index (κ2) is 6.79. The van der Waals surface area contributed by atoms with Gasteiger partial charge in [-0.05, 0) is 51.0 Å². The van der Waals surface area contributed by atoms with E-state index in [-0.39, 0.29) is 11.3 Å². The first-order valence-electron chi connectivity index (χ1n) is 7.21. The summed E-state index contributed by atoms with van der Waals surface area (Å²) in [6, 6.07) is 6.28. The van der Waals surface area contributed by atoms with E-state index in [4.69, 9.17) is 0 Å². The van der Waals surface area contributed by atoms with E-state index < -0.39 is 9.84 Å². The topological polar surface area (TPSA) is 49.4 Å². The van der Waals surface area contributed by atoms with Gasteiger partial charge in [0, 0.05) is 37.6 Å². The molecule has 0 saturated carbocycles. The van der Waals surface area contributed by atoms with Crippen LogP contribution in [-0.2, 0) is 16.4 Å². The Morgan fingerprint density at radius 2 is 1.86 bits per heavy atom. The normalized spacial score (nSPS) is 12.5. The van der Waals surface area contributed by atoms with Gasteiger partial charge in [0.25, 0.3) is 0 Å². The molecule has 0 fully saturated rings. The summed E-state index contributed by atoms with van der Waals surface area (Å²) in [4.78, 5) is 1.98. The molecule has 4 nitrogen and oxygen atoms in total. The molecule has 0 unspecified atom stereocenters. The van der Waals surface area contributed by atoms with Gasteiger partial charge in [0.15, 0.2) is 0 Å². The van der Waals surface area contributed by atoms with Crippen LogP contribution in [0, 0.1) is 6.92 Å². The van der Waals surface area contributed by atoms with Gasteiger partial charge in [-0.15, -0.1) is 0 Å². The molecule has 5 heteroatoms. The molecular weight excluding hydrogens is 284 g/mol. The number of aryl methyl sites for hydroxylation is 1. The van der Waals surface area contributed by atoms with Gasteiger partial charge in [0.2, 0.25) is 0 Å². The van der Waals surface area contributed by atoms with E-state index in [1.165, 1.54) is 17.4 Å². The third-order valence-electron chi connectivity index (χ3n) is 3.37. The highest BCUT2D eigenvalue weighted by Gasteiger charge is 2.11. The first-order valence-corrected chi connectivity index (χ1v) is 9.27. The van der Waals surface area contributed by atoms with Crippen LogP contribution in [-0.4, -0.2) is 39.6 Å². The predicted octanol–water partition coefficient (Wildman–Crippen LogP) is 2.36. The van der Waals surface area contributed by atoms with Gasteiger partial charge < -0.3 is 10.2 Å². The Morgan fingerprint density at radius 3 is 2.33 bits per heavy atom. The van der Waals surface area contributed by atoms with Gasteiger partial charge in [0.1, 0.15) is 9.84 Å². The number of hydrogen-bond acceptors (Lipinski definition) is 4. The Kier molecular flexibility index (Phi) is 5.82. The molecule has 0 aromatic heterocycles. The monoisotopic (exact) mass is 312 g/mol. The smallest absolute Gasteiger partial charge is 0.149 e. The van der Waals surface area contributed by atoms with Crippen LogP contribution in [0.15, 0.2) is 18.2 Å². The number of nitrogens with zero attached hydrogens (tertiary/aromatic N) is 1. The van der Waals surface area contributed by atoms with E-state index in [1.54, 1.807) is 0 Å². The lowest BCUT2D eigenvalue weighted by Gasteiger charge is -2.23. The van der Waals surface area contributed by atoms with Crippen molar-refractivity contribution in [2.75, 3.05) is 30.5 Å². The molecule has 0 amide bonds. The molecule has 0 heterocycles. The fraction of sp³-hybridized carbons (Fsp3) is 0.625. The van der Waals surface area contributed by atoms with Crippen molar-refractivity contribution in [3.05, 3.63) is 29.3 Å². The Bertz CT molecular complexity index is 574. The molecule has 0 aliphatic rings. The third kappa shape index (κ3) is 6.96. The molecule has 0 saturated heterocycles. The molecule has 0 radical (unpaired) electrons. The van der Waals surface area contributed by atoms with E-state index in [9.17, 15) is 8.42 Å². The maximum atomic E-state index is 11.2. The standard InChI is InChI=1S/C16H28N2O2S/c1-13-11-15(18(5)9-10-21(6,19)20)8-7-14(13)12-17-16(2,3)4/h7-8,11,17H,9-10,12H2,1-6H3. The maximum Gasteiger partial charge on any atom is 0.149 e. The zero-order chi connectivity index (χ0) is 16.3. The fourth-order valence-corrected chi connectivity index (χ4v) is 2.51. The van der Waals surface area contributed by atoms with Crippen LogP contribution < -0.4 is 10.2 Å². The SMILES string of the molecule is Cc1cc(N(C)CCS(C)(=O)=O)ccc1CNC(C)(C)C. The molecule has 21 heavy (non-hydrogen) atoms. The van der Waals surface area contributed by atoms with Crippen LogP contribution in [0.5, 0.6) is 0 Å². The summed E-state index contributed by atoms with van der Waals surface area (Å²) in [5, 5.41) is 3.48. The lowest BCUT2D eigenvalue weighted by atomic mass is 10.0. The molecule has 1 N–H and O–H groups in total. The minimum Gasteiger partial charge on any atom is -0.374 e. The summed E-state index contributed by atoms with van der Waals surface area (Å²) in [5.41, 5.74) is 3.63. The van der Waals surface area contributed by atoms with E-state index in [1.807, 2.05) is 11.9 Å². The Morgan fingerprint density at radius 1 is 1.24 bits per heavy atom. The Labute approximate surface area is 129 Å². The summed E-state index contributed by atoms with van der Waals surface area (Å²) in [6.07, 6.45) is 1.27. The highest BCUT2D eigenvalue weighted by Crippen LogP contribution is 2.19. The first-order chi connectivity index (χ1) is 9.48. The van der Waals surface area contributed by atoms with Gasteiger partial charge in [-0.3, -0.25) is 0 Å². The molecule has 120 valence electrons. The van der Waals surface area contributed by atoms with Crippen molar-refractivity contribution in [3.63, 3.8) is 0 Å². The van der Waals surface area contributed by atoms with Gasteiger partial charge in [-0.2, -0.15) is 0 Å². The largest absolute Gasteiger partial charge is 0.374 e. The van der Waals surface area contributed by atoms with Gasteiger partial charge in [0.05, 0.1) is 5.75 Å². The predicted molar refractivity (Wildman–Crippen MR) is 90.8 cm³/mol. The number of anilines is 1. The van der Waals surface area contributed by atoms with Crippen molar-refractivity contribution < 1.29 is 8.42 Å². The van der Waals surface area contributed by atoms with Crippen LogP contribution >= 0.6 is 0 Å². The van der Waals surface area contributed by atoms with Gasteiger partial charge in [-0.25, -0.2) is 8.42 Å². The van der Waals surface area contributed by atoms with Crippen LogP contribution in [0.1, 0.15) is 31.9 Å². The van der Waals surface area contributed by atoms with Crippen LogP contribution in [0.25, 0.3) is 0 Å². The summed E-state index contributed by atoms with van der Waals surface area (Å²) in [6.45, 7) is 9.88. The van der Waals surface area contributed by atoms with Crippen LogP contribution in [0.3, 0.4) is 0 Å². The lowest BCUT2D eigenvalue weighted by molar-refractivity contribution is 0.424. The highest BCUT2D eigenvalue weighted by molar-refractivity contribution is 7.90. The summed E-state index contributed by atoms with van der Waals surface area (Å²) < 4.78 is 22.5. The summed E-state index contributed by atoms with van der Waals surface area (Å²) in [5.74, 6) is 0.176. The molecule has 0 aliphatic heterocycles. The average Bonchev–Trinajstić information content (AvgIpc) is 2.32. The highest BCUT2D eigenvalue weighted by atomic mass is 32.2. The minimum atomic E-state index is -2.92. The van der Waals surface area contributed by atoms with Crippen molar-refractivity contribution in [2.24, 2.45) is 0 Å². The van der Waals surface area contributed by atoms with Crippen molar-refractivity contribution >= 4 is 15.5 Å². The van der Waals surface area contributed by atoms with Crippen molar-refractivity contribution in [2.45, 2.75) is 39.8 Å². The van der Waals surface area contributed by atoms with E-state index in [2.05, 4.69) is 51.2 Å². The van der Waals surface area contributed by atoms with Crippen molar-refractivity contribution in [1.29, 1.82) is 0 Å². The molecule has 1 aromatic carbocycles. The van der Waals surface area contributed by atoms with Crippen molar-refractivity contribution in [3.8, 4) is 0 Å². The maximum absolute atomic E-state index is 11.2. The number of sulfone groups is 1. The number of rotatable bonds is 6. The van der Waals surface area contributed by atoms with E-state index >= 15 is 0 Å². The Balaban J connectivity index is 2.73. The van der Waals surface area contributed by atoms with Crippen LogP contribution in [0.4, 0.5) is 5.69 Å². The fourth-order valence-electron chi connectivity index (χ4n) is 1.91. The minimum absolute atomic E-state index is 0.0946. The average molecular weight is 312 g/mol. The van der Waals surface area contributed by atoms with Crippen LogP contribution in [0.2, 0.25) is 0 Å². The van der Waals surface area contributed by atoms with Gasteiger partial charge in [-0.1, -0.05) is 6.07 Å². The second-order valence-electron chi connectivity index (χ2n) is 6.77. The van der Waals surface area contributed by atoms with Gasteiger partial charge >= 0.3 is 0 Å². The molecule has 0 aliphatic carbocycles. The molecule has 0 bridgehead atoms.